The largest absolute Gasteiger partial charge is 0.449 e. The summed E-state index contributed by atoms with van der Waals surface area (Å²) in [6, 6.07) is 13.4. The van der Waals surface area contributed by atoms with Crippen molar-refractivity contribution in [3.8, 4) is 0 Å². The second-order valence-electron chi connectivity index (χ2n) is 4.47. The van der Waals surface area contributed by atoms with Gasteiger partial charge in [0.2, 0.25) is 5.78 Å². The summed E-state index contributed by atoms with van der Waals surface area (Å²) in [4.78, 5) is 12.3. The number of aryl methyl sites for hydroxylation is 1. The van der Waals surface area contributed by atoms with Crippen LogP contribution in [-0.4, -0.2) is 5.78 Å². The molecule has 0 aliphatic rings. The molecule has 0 bridgehead atoms. The highest BCUT2D eigenvalue weighted by Crippen LogP contribution is 2.24. The molecule has 19 heavy (non-hydrogen) atoms. The Morgan fingerprint density at radius 3 is 2.63 bits per heavy atom. The van der Waals surface area contributed by atoms with Gasteiger partial charge < -0.3 is 4.42 Å². The summed E-state index contributed by atoms with van der Waals surface area (Å²) in [5.74, 6) is -0.536. The molecule has 2 nitrogen and oxygen atoms in total. The van der Waals surface area contributed by atoms with Gasteiger partial charge in [-0.2, -0.15) is 0 Å². The van der Waals surface area contributed by atoms with Crippen LogP contribution in [0.4, 0.5) is 4.39 Å². The molecule has 3 rings (SSSR count). The van der Waals surface area contributed by atoms with Crippen LogP contribution in [0.2, 0.25) is 0 Å². The highest BCUT2D eigenvalue weighted by molar-refractivity contribution is 6.09. The van der Waals surface area contributed by atoms with Gasteiger partial charge in [0, 0.05) is 10.9 Å². The number of fused-ring (bicyclic) bond motifs is 1. The molecule has 2 aromatic carbocycles. The lowest BCUT2D eigenvalue weighted by atomic mass is 10.1. The van der Waals surface area contributed by atoms with Crippen LogP contribution < -0.4 is 0 Å². The molecule has 0 aliphatic heterocycles. The number of ketones is 1. The third kappa shape index (κ3) is 2.03. The summed E-state index contributed by atoms with van der Waals surface area (Å²) < 4.78 is 18.9. The van der Waals surface area contributed by atoms with Gasteiger partial charge in [-0.25, -0.2) is 4.39 Å². The number of rotatable bonds is 2. The molecule has 0 unspecified atom stereocenters. The molecular weight excluding hydrogens is 243 g/mol. The van der Waals surface area contributed by atoms with E-state index in [2.05, 4.69) is 0 Å². The lowest BCUT2D eigenvalue weighted by Gasteiger charge is -1.98. The van der Waals surface area contributed by atoms with Gasteiger partial charge in [-0.1, -0.05) is 35.9 Å². The Morgan fingerprint density at radius 2 is 1.89 bits per heavy atom. The van der Waals surface area contributed by atoms with Crippen LogP contribution in [0.15, 0.2) is 52.9 Å². The van der Waals surface area contributed by atoms with Crippen LogP contribution in [0.1, 0.15) is 21.7 Å². The number of furan rings is 1. The lowest BCUT2D eigenvalue weighted by Crippen LogP contribution is -1.99. The Kier molecular flexibility index (Phi) is 2.67. The zero-order chi connectivity index (χ0) is 13.4. The van der Waals surface area contributed by atoms with E-state index in [0.29, 0.717) is 10.9 Å². The second kappa shape index (κ2) is 4.35. The first-order valence-electron chi connectivity index (χ1n) is 5.94. The third-order valence-corrected chi connectivity index (χ3v) is 3.00. The van der Waals surface area contributed by atoms with Crippen molar-refractivity contribution in [1.82, 2.24) is 0 Å². The average molecular weight is 254 g/mol. The van der Waals surface area contributed by atoms with Crippen LogP contribution in [-0.2, 0) is 0 Å². The Balaban J connectivity index is 2.09. The Hall–Kier alpha value is -2.42. The molecule has 0 aliphatic carbocycles. The summed E-state index contributed by atoms with van der Waals surface area (Å²) in [6.45, 7) is 1.91. The topological polar surface area (TPSA) is 30.2 Å². The molecule has 0 spiro atoms. The zero-order valence-corrected chi connectivity index (χ0v) is 10.3. The van der Waals surface area contributed by atoms with Crippen molar-refractivity contribution in [2.24, 2.45) is 0 Å². The van der Waals surface area contributed by atoms with E-state index in [9.17, 15) is 9.18 Å². The fourth-order valence-corrected chi connectivity index (χ4v) is 2.07. The summed E-state index contributed by atoms with van der Waals surface area (Å²) in [5, 5.41) is 0.594. The van der Waals surface area contributed by atoms with Gasteiger partial charge in [0.25, 0.3) is 0 Å². The van der Waals surface area contributed by atoms with Crippen molar-refractivity contribution in [3.63, 3.8) is 0 Å². The first-order valence-corrected chi connectivity index (χ1v) is 5.94. The van der Waals surface area contributed by atoms with Gasteiger partial charge in [-0.05, 0) is 25.1 Å². The Labute approximate surface area is 109 Å². The normalized spacial score (nSPS) is 10.8. The van der Waals surface area contributed by atoms with Crippen molar-refractivity contribution >= 4 is 16.8 Å². The maximum Gasteiger partial charge on any atom is 0.228 e. The average Bonchev–Trinajstić information content (AvgIpc) is 2.83. The standard InChI is InChI=1S/C16H11FO2/c1-10-4-2-5-11(8-10)15(18)14-9-12-6-3-7-13(17)16(12)19-14/h2-9H,1H3. The zero-order valence-electron chi connectivity index (χ0n) is 10.3. The smallest absolute Gasteiger partial charge is 0.228 e. The summed E-state index contributed by atoms with van der Waals surface area (Å²) in [5.41, 5.74) is 1.66. The molecule has 1 aromatic heterocycles. The highest BCUT2D eigenvalue weighted by atomic mass is 19.1. The monoisotopic (exact) mass is 254 g/mol. The lowest BCUT2D eigenvalue weighted by molar-refractivity contribution is 0.101. The summed E-state index contributed by atoms with van der Waals surface area (Å²) in [7, 11) is 0. The number of carbonyl (C=O) groups is 1. The van der Waals surface area contributed by atoms with Crippen LogP contribution >= 0.6 is 0 Å². The van der Waals surface area contributed by atoms with Gasteiger partial charge in [0.15, 0.2) is 17.2 Å². The number of hydrogen-bond acceptors (Lipinski definition) is 2. The first kappa shape index (κ1) is 11.7. The highest BCUT2D eigenvalue weighted by Gasteiger charge is 2.16. The van der Waals surface area contributed by atoms with Crippen molar-refractivity contribution in [2.75, 3.05) is 0 Å². The van der Waals surface area contributed by atoms with Crippen LogP contribution in [0.3, 0.4) is 0 Å². The number of halogens is 1. The van der Waals surface area contributed by atoms with Crippen molar-refractivity contribution in [2.45, 2.75) is 6.92 Å². The van der Waals surface area contributed by atoms with Crippen molar-refractivity contribution in [1.29, 1.82) is 0 Å². The molecule has 0 saturated carbocycles. The predicted molar refractivity (Wildman–Crippen MR) is 70.8 cm³/mol. The minimum absolute atomic E-state index is 0.124. The summed E-state index contributed by atoms with van der Waals surface area (Å²) >= 11 is 0. The minimum atomic E-state index is -0.458. The Morgan fingerprint density at radius 1 is 1.11 bits per heavy atom. The SMILES string of the molecule is Cc1cccc(C(=O)c2cc3cccc(F)c3o2)c1. The van der Waals surface area contributed by atoms with Gasteiger partial charge >= 0.3 is 0 Å². The van der Waals surface area contributed by atoms with E-state index < -0.39 is 5.82 Å². The van der Waals surface area contributed by atoms with Crippen LogP contribution in [0.5, 0.6) is 0 Å². The molecule has 3 aromatic rings. The molecule has 94 valence electrons. The van der Waals surface area contributed by atoms with Gasteiger partial charge in [0.1, 0.15) is 0 Å². The number of carbonyl (C=O) groups excluding carboxylic acids is 1. The van der Waals surface area contributed by atoms with Crippen molar-refractivity contribution < 1.29 is 13.6 Å². The molecule has 1 heterocycles. The third-order valence-electron chi connectivity index (χ3n) is 3.00. The molecule has 0 fully saturated rings. The minimum Gasteiger partial charge on any atom is -0.449 e. The second-order valence-corrected chi connectivity index (χ2v) is 4.47. The van der Waals surface area contributed by atoms with Crippen LogP contribution in [0.25, 0.3) is 11.0 Å². The fraction of sp³-hybridized carbons (Fsp3) is 0.0625. The number of hydrogen-bond donors (Lipinski definition) is 0. The first-order chi connectivity index (χ1) is 9.15. The van der Waals surface area contributed by atoms with E-state index in [1.807, 2.05) is 19.1 Å². The number of para-hydroxylation sites is 1. The fourth-order valence-electron chi connectivity index (χ4n) is 2.07. The van der Waals surface area contributed by atoms with E-state index in [-0.39, 0.29) is 17.1 Å². The van der Waals surface area contributed by atoms with Gasteiger partial charge in [-0.15, -0.1) is 0 Å². The van der Waals surface area contributed by atoms with Gasteiger partial charge in [-0.3, -0.25) is 4.79 Å². The predicted octanol–water partition coefficient (Wildman–Crippen LogP) is 4.11. The maximum absolute atomic E-state index is 13.5. The summed E-state index contributed by atoms with van der Waals surface area (Å²) in [6.07, 6.45) is 0. The number of benzene rings is 2. The van der Waals surface area contributed by atoms with E-state index in [1.165, 1.54) is 6.07 Å². The Bertz CT molecular complexity index is 771. The molecular formula is C16H11FO2. The van der Waals surface area contributed by atoms with Gasteiger partial charge in [0.05, 0.1) is 0 Å². The molecule has 0 radical (unpaired) electrons. The molecule has 0 saturated heterocycles. The van der Waals surface area contributed by atoms with Crippen LogP contribution in [0, 0.1) is 12.7 Å². The molecule has 0 N–H and O–H groups in total. The molecule has 3 heteroatoms. The van der Waals surface area contributed by atoms with E-state index >= 15 is 0 Å². The van der Waals surface area contributed by atoms with E-state index in [4.69, 9.17) is 4.42 Å². The molecule has 0 amide bonds. The van der Waals surface area contributed by atoms with E-state index in [1.54, 1.807) is 30.3 Å². The quantitative estimate of drug-likeness (QED) is 0.644. The molecule has 0 atom stereocenters. The van der Waals surface area contributed by atoms with Crippen molar-refractivity contribution in [3.05, 3.63) is 71.2 Å². The maximum atomic E-state index is 13.5. The van der Waals surface area contributed by atoms with E-state index in [0.717, 1.165) is 5.56 Å².